The number of hydrogen-bond acceptors (Lipinski definition) is 7. The van der Waals surface area contributed by atoms with Gasteiger partial charge in [0.2, 0.25) is 6.08 Å². The number of hydrogen-bond donors (Lipinski definition) is 1. The van der Waals surface area contributed by atoms with Gasteiger partial charge in [-0.25, -0.2) is 14.6 Å². The first-order valence-corrected chi connectivity index (χ1v) is 12.1. The van der Waals surface area contributed by atoms with Gasteiger partial charge in [0.15, 0.2) is 0 Å². The molecule has 36 heavy (non-hydrogen) atoms. The zero-order chi connectivity index (χ0) is 26.3. The third kappa shape index (κ3) is 7.95. The van der Waals surface area contributed by atoms with E-state index in [0.29, 0.717) is 36.5 Å². The van der Waals surface area contributed by atoms with Gasteiger partial charge in [-0.1, -0.05) is 39.0 Å². The van der Waals surface area contributed by atoms with Crippen molar-refractivity contribution >= 4 is 29.3 Å². The number of isocyanates is 1. The normalized spacial score (nSPS) is 21.0. The summed E-state index contributed by atoms with van der Waals surface area (Å²) in [7, 11) is 0. The second-order valence-corrected chi connectivity index (χ2v) is 10.9. The summed E-state index contributed by atoms with van der Waals surface area (Å²) in [4.78, 5) is 38.4. The minimum atomic E-state index is -0.535. The molecular formula is C28H34N4O4. The molecular weight excluding hydrogens is 456 g/mol. The lowest BCUT2D eigenvalue weighted by molar-refractivity contribution is -0.116. The van der Waals surface area contributed by atoms with E-state index in [1.54, 1.807) is 25.1 Å². The Hall–Kier alpha value is -3.64. The van der Waals surface area contributed by atoms with Gasteiger partial charge < -0.3 is 10.1 Å². The second kappa shape index (κ2) is 11.4. The average Bonchev–Trinajstić information content (AvgIpc) is 2.77. The predicted molar refractivity (Wildman–Crippen MR) is 138 cm³/mol. The van der Waals surface area contributed by atoms with Gasteiger partial charge in [-0.05, 0) is 73.3 Å². The van der Waals surface area contributed by atoms with E-state index in [0.717, 1.165) is 24.0 Å². The molecule has 2 aromatic carbocycles. The zero-order valence-corrected chi connectivity index (χ0v) is 21.6. The number of aryl methyl sites for hydroxylation is 1. The first-order valence-electron chi connectivity index (χ1n) is 12.1. The molecule has 3 rings (SSSR count). The maximum atomic E-state index is 12.7. The van der Waals surface area contributed by atoms with Gasteiger partial charge in [-0.15, -0.1) is 0 Å². The summed E-state index contributed by atoms with van der Waals surface area (Å²) in [6.07, 6.45) is 3.90. The quantitative estimate of drug-likeness (QED) is 0.257. The van der Waals surface area contributed by atoms with Crippen molar-refractivity contribution in [2.45, 2.75) is 66.3 Å². The smallest absolute Gasteiger partial charge is 0.410 e. The summed E-state index contributed by atoms with van der Waals surface area (Å²) in [6, 6.07) is 12.5. The van der Waals surface area contributed by atoms with E-state index in [1.807, 2.05) is 37.3 Å². The van der Waals surface area contributed by atoms with E-state index in [2.05, 4.69) is 41.3 Å². The molecule has 0 bridgehead atoms. The van der Waals surface area contributed by atoms with Crippen molar-refractivity contribution < 1.29 is 19.1 Å². The van der Waals surface area contributed by atoms with Crippen LogP contribution in [-0.2, 0) is 16.0 Å². The maximum Gasteiger partial charge on any atom is 0.412 e. The third-order valence-corrected chi connectivity index (χ3v) is 6.34. The SMILES string of the molecule is CC(=O)Cc1ccc(N=Nc2cc(OC(=O)NC3CC(C)(C)CC(C)(CN=C=O)C3)ccc2C)cc1. The summed E-state index contributed by atoms with van der Waals surface area (Å²) in [5.41, 5.74) is 2.86. The molecule has 8 nitrogen and oxygen atoms in total. The van der Waals surface area contributed by atoms with Crippen molar-refractivity contribution in [3.8, 4) is 5.75 Å². The Labute approximate surface area is 212 Å². The minimum absolute atomic E-state index is 0.00889. The number of carbonyl (C=O) groups excluding carboxylic acids is 3. The molecule has 1 N–H and O–H groups in total. The highest BCUT2D eigenvalue weighted by atomic mass is 16.6. The Balaban J connectivity index is 1.65. The van der Waals surface area contributed by atoms with Crippen molar-refractivity contribution in [3.63, 3.8) is 0 Å². The molecule has 2 atom stereocenters. The molecule has 0 heterocycles. The van der Waals surface area contributed by atoms with Crippen LogP contribution in [0.1, 0.15) is 58.1 Å². The second-order valence-electron chi connectivity index (χ2n) is 10.9. The van der Waals surface area contributed by atoms with E-state index in [1.165, 1.54) is 0 Å². The van der Waals surface area contributed by atoms with Crippen LogP contribution in [0.4, 0.5) is 16.2 Å². The molecule has 1 saturated carbocycles. The third-order valence-electron chi connectivity index (χ3n) is 6.34. The van der Waals surface area contributed by atoms with Gasteiger partial charge >= 0.3 is 6.09 Å². The van der Waals surface area contributed by atoms with E-state index in [-0.39, 0.29) is 22.7 Å². The van der Waals surface area contributed by atoms with E-state index >= 15 is 0 Å². The number of carbonyl (C=O) groups is 2. The fourth-order valence-corrected chi connectivity index (χ4v) is 5.22. The lowest BCUT2D eigenvalue weighted by atomic mass is 9.62. The number of aliphatic imine (C=N–C) groups is 1. The van der Waals surface area contributed by atoms with Crippen LogP contribution in [0.2, 0.25) is 0 Å². The van der Waals surface area contributed by atoms with Crippen LogP contribution in [0.15, 0.2) is 57.7 Å². The summed E-state index contributed by atoms with van der Waals surface area (Å²) in [5.74, 6) is 0.473. The average molecular weight is 491 g/mol. The number of amides is 1. The highest BCUT2D eigenvalue weighted by Gasteiger charge is 2.41. The minimum Gasteiger partial charge on any atom is -0.410 e. The van der Waals surface area contributed by atoms with E-state index in [4.69, 9.17) is 4.74 Å². The predicted octanol–water partition coefficient (Wildman–Crippen LogP) is 6.55. The maximum absolute atomic E-state index is 12.7. The van der Waals surface area contributed by atoms with Crippen molar-refractivity contribution in [3.05, 3.63) is 53.6 Å². The molecule has 1 aliphatic rings. The van der Waals surface area contributed by atoms with Gasteiger partial charge in [0.05, 0.1) is 17.9 Å². The molecule has 2 unspecified atom stereocenters. The zero-order valence-electron chi connectivity index (χ0n) is 21.6. The number of ether oxygens (including phenoxy) is 1. The topological polar surface area (TPSA) is 110 Å². The van der Waals surface area contributed by atoms with Gasteiger partial charge in [0.1, 0.15) is 11.5 Å². The number of Topliss-reactive ketones (excluding diaryl/α,β-unsaturated/α-hetero) is 1. The highest BCUT2D eigenvalue weighted by Crippen LogP contribution is 2.46. The molecule has 190 valence electrons. The van der Waals surface area contributed by atoms with E-state index < -0.39 is 6.09 Å². The molecule has 2 aromatic rings. The monoisotopic (exact) mass is 490 g/mol. The molecule has 0 aromatic heterocycles. The number of benzene rings is 2. The summed E-state index contributed by atoms with van der Waals surface area (Å²) in [5, 5.41) is 11.6. The van der Waals surface area contributed by atoms with Crippen molar-refractivity contribution in [1.82, 2.24) is 5.32 Å². The summed E-state index contributed by atoms with van der Waals surface area (Å²) in [6.45, 7) is 10.2. The van der Waals surface area contributed by atoms with Crippen molar-refractivity contribution in [2.24, 2.45) is 26.1 Å². The highest BCUT2D eigenvalue weighted by molar-refractivity contribution is 5.78. The first kappa shape index (κ1) is 27.0. The van der Waals surface area contributed by atoms with Crippen molar-refractivity contribution in [1.29, 1.82) is 0 Å². The number of nitrogens with zero attached hydrogens (tertiary/aromatic N) is 3. The Kier molecular flexibility index (Phi) is 8.53. The van der Waals surface area contributed by atoms with Crippen LogP contribution in [0, 0.1) is 17.8 Å². The number of nitrogens with one attached hydrogen (secondary N) is 1. The number of rotatable bonds is 8. The lowest BCUT2D eigenvalue weighted by Crippen LogP contribution is -2.48. The standard InChI is InChI=1S/C28H34N4O4/c1-19-6-11-24(13-25(19)32-31-22-9-7-21(8-10-22)12-20(2)34)36-26(35)30-23-14-27(3,4)16-28(5,15-23)17-29-18-33/h6-11,13,23H,12,14-17H2,1-5H3,(H,30,35). The first-order chi connectivity index (χ1) is 17.0. The Morgan fingerprint density at radius 2 is 1.81 bits per heavy atom. The van der Waals surface area contributed by atoms with Gasteiger partial charge in [-0.3, -0.25) is 4.79 Å². The summed E-state index contributed by atoms with van der Waals surface area (Å²) >= 11 is 0. The molecule has 0 spiro atoms. The Morgan fingerprint density at radius 1 is 1.08 bits per heavy atom. The Bertz CT molecular complexity index is 1180. The van der Waals surface area contributed by atoms with E-state index in [9.17, 15) is 14.4 Å². The van der Waals surface area contributed by atoms with Crippen molar-refractivity contribution in [2.75, 3.05) is 6.54 Å². The fourth-order valence-electron chi connectivity index (χ4n) is 5.22. The Morgan fingerprint density at radius 3 is 2.47 bits per heavy atom. The van der Waals surface area contributed by atoms with Crippen LogP contribution in [0.25, 0.3) is 0 Å². The van der Waals surface area contributed by atoms with Crippen LogP contribution in [0.5, 0.6) is 5.75 Å². The summed E-state index contributed by atoms with van der Waals surface area (Å²) < 4.78 is 5.57. The van der Waals surface area contributed by atoms with Crippen LogP contribution in [0.3, 0.4) is 0 Å². The molecule has 1 fully saturated rings. The lowest BCUT2D eigenvalue weighted by Gasteiger charge is -2.45. The molecule has 0 aliphatic heterocycles. The molecule has 1 aliphatic carbocycles. The molecule has 1 amide bonds. The van der Waals surface area contributed by atoms with Crippen LogP contribution in [-0.4, -0.2) is 30.5 Å². The van der Waals surface area contributed by atoms with Gasteiger partial charge in [-0.2, -0.15) is 10.2 Å². The van der Waals surface area contributed by atoms with Crippen LogP contribution < -0.4 is 10.1 Å². The molecule has 8 heteroatoms. The number of ketones is 1. The van der Waals surface area contributed by atoms with Gasteiger partial charge in [0, 0.05) is 18.5 Å². The molecule has 0 radical (unpaired) electrons. The fraction of sp³-hybridized carbons (Fsp3) is 0.464. The number of azo groups is 1. The molecule has 0 saturated heterocycles. The van der Waals surface area contributed by atoms with Crippen LogP contribution >= 0.6 is 0 Å². The van der Waals surface area contributed by atoms with Gasteiger partial charge in [0.25, 0.3) is 0 Å². The largest absolute Gasteiger partial charge is 0.412 e.